The minimum Gasteiger partial charge on any atom is -0.480 e. The van der Waals surface area contributed by atoms with Crippen LogP contribution in [0.4, 0.5) is 0 Å². The Kier molecular flexibility index (Phi) is 4.63. The molecule has 0 radical (unpaired) electrons. The second-order valence-electron chi connectivity index (χ2n) is 5.14. The molecule has 0 aliphatic carbocycles. The van der Waals surface area contributed by atoms with Crippen LogP contribution in [0.2, 0.25) is 0 Å². The fourth-order valence-electron chi connectivity index (χ4n) is 2.07. The van der Waals surface area contributed by atoms with Crippen LogP contribution >= 0.6 is 0 Å². The average molecular weight is 319 g/mol. The van der Waals surface area contributed by atoms with Crippen LogP contribution in [0.15, 0.2) is 53.4 Å². The first-order valence-electron chi connectivity index (χ1n) is 6.65. The van der Waals surface area contributed by atoms with Crippen molar-refractivity contribution >= 4 is 15.8 Å². The summed E-state index contributed by atoms with van der Waals surface area (Å²) in [7, 11) is -3.20. The maximum absolute atomic E-state index is 11.4. The summed E-state index contributed by atoms with van der Waals surface area (Å²) in [6, 6.07) is 13.1. The summed E-state index contributed by atoms with van der Waals surface area (Å²) >= 11 is 0. The van der Waals surface area contributed by atoms with Crippen molar-refractivity contribution in [1.82, 2.24) is 0 Å². The van der Waals surface area contributed by atoms with E-state index in [1.54, 1.807) is 24.3 Å². The SMILES string of the molecule is CS(=O)(=O)c1ccc(-c2ccc(C[C@H](N)C(=O)O)cc2)cc1. The van der Waals surface area contributed by atoms with Crippen molar-refractivity contribution in [2.24, 2.45) is 5.73 Å². The normalized spacial score (nSPS) is 12.8. The van der Waals surface area contributed by atoms with E-state index in [2.05, 4.69) is 0 Å². The number of nitrogens with two attached hydrogens (primary N) is 1. The van der Waals surface area contributed by atoms with Gasteiger partial charge in [-0.3, -0.25) is 4.79 Å². The summed E-state index contributed by atoms with van der Waals surface area (Å²) in [5, 5.41) is 8.79. The molecule has 0 saturated carbocycles. The maximum atomic E-state index is 11.4. The van der Waals surface area contributed by atoms with Crippen molar-refractivity contribution in [3.63, 3.8) is 0 Å². The molecule has 2 aromatic rings. The van der Waals surface area contributed by atoms with E-state index in [0.29, 0.717) is 0 Å². The molecule has 22 heavy (non-hydrogen) atoms. The van der Waals surface area contributed by atoms with E-state index in [1.807, 2.05) is 24.3 Å². The monoisotopic (exact) mass is 319 g/mol. The number of rotatable bonds is 5. The second-order valence-corrected chi connectivity index (χ2v) is 7.16. The summed E-state index contributed by atoms with van der Waals surface area (Å²) in [5.41, 5.74) is 8.15. The van der Waals surface area contributed by atoms with E-state index in [1.165, 1.54) is 6.26 Å². The van der Waals surface area contributed by atoms with Gasteiger partial charge in [-0.05, 0) is 35.2 Å². The molecule has 0 aromatic heterocycles. The first-order chi connectivity index (χ1) is 10.3. The average Bonchev–Trinajstić information content (AvgIpc) is 2.47. The Morgan fingerprint density at radius 2 is 1.50 bits per heavy atom. The summed E-state index contributed by atoms with van der Waals surface area (Å²) in [6.07, 6.45) is 1.44. The Labute approximate surface area is 129 Å². The lowest BCUT2D eigenvalue weighted by Crippen LogP contribution is -2.32. The predicted octanol–water partition coefficient (Wildman–Crippen LogP) is 1.71. The Morgan fingerprint density at radius 3 is 1.91 bits per heavy atom. The third-order valence-electron chi connectivity index (χ3n) is 3.34. The molecular formula is C16H17NO4S. The minimum absolute atomic E-state index is 0.266. The van der Waals surface area contributed by atoms with E-state index in [-0.39, 0.29) is 11.3 Å². The lowest BCUT2D eigenvalue weighted by molar-refractivity contribution is -0.138. The van der Waals surface area contributed by atoms with Gasteiger partial charge < -0.3 is 10.8 Å². The molecule has 0 aliphatic rings. The number of carboxylic acid groups (broad SMARTS) is 1. The Bertz CT molecular complexity index is 765. The van der Waals surface area contributed by atoms with Gasteiger partial charge >= 0.3 is 5.97 Å². The number of sulfone groups is 1. The van der Waals surface area contributed by atoms with Gasteiger partial charge in [0.2, 0.25) is 0 Å². The Morgan fingerprint density at radius 1 is 1.05 bits per heavy atom. The molecule has 116 valence electrons. The zero-order valence-electron chi connectivity index (χ0n) is 12.1. The quantitative estimate of drug-likeness (QED) is 0.874. The molecule has 0 unspecified atom stereocenters. The van der Waals surface area contributed by atoms with Crippen LogP contribution in [0.5, 0.6) is 0 Å². The third-order valence-corrected chi connectivity index (χ3v) is 4.47. The third kappa shape index (κ3) is 3.93. The molecule has 0 fully saturated rings. The molecule has 0 bridgehead atoms. The van der Waals surface area contributed by atoms with Crippen LogP contribution in [-0.4, -0.2) is 31.8 Å². The summed E-state index contributed by atoms with van der Waals surface area (Å²) in [4.78, 5) is 11.0. The Hall–Kier alpha value is -2.18. The van der Waals surface area contributed by atoms with Crippen molar-refractivity contribution in [2.75, 3.05) is 6.26 Å². The van der Waals surface area contributed by atoms with Crippen LogP contribution in [0.1, 0.15) is 5.56 Å². The highest BCUT2D eigenvalue weighted by atomic mass is 32.2. The molecular weight excluding hydrogens is 302 g/mol. The summed E-state index contributed by atoms with van der Waals surface area (Å²) < 4.78 is 22.8. The number of carbonyl (C=O) groups is 1. The molecule has 2 rings (SSSR count). The van der Waals surface area contributed by atoms with Gasteiger partial charge in [-0.2, -0.15) is 0 Å². The molecule has 0 amide bonds. The predicted molar refractivity (Wildman–Crippen MR) is 84.3 cm³/mol. The molecule has 1 atom stereocenters. The fraction of sp³-hybridized carbons (Fsp3) is 0.188. The standard InChI is InChI=1S/C16H17NO4S/c1-22(20,21)14-8-6-13(7-9-14)12-4-2-11(3-5-12)10-15(17)16(18)19/h2-9,15H,10,17H2,1H3,(H,18,19)/t15-/m0/s1. The highest BCUT2D eigenvalue weighted by Crippen LogP contribution is 2.22. The second kappa shape index (κ2) is 6.29. The van der Waals surface area contributed by atoms with Crippen LogP contribution in [-0.2, 0) is 21.1 Å². The fourth-order valence-corrected chi connectivity index (χ4v) is 2.70. The molecule has 3 N–H and O–H groups in total. The van der Waals surface area contributed by atoms with Crippen molar-refractivity contribution in [1.29, 1.82) is 0 Å². The molecule has 0 spiro atoms. The number of aliphatic carboxylic acids is 1. The van der Waals surface area contributed by atoms with E-state index in [4.69, 9.17) is 10.8 Å². The zero-order valence-corrected chi connectivity index (χ0v) is 12.9. The van der Waals surface area contributed by atoms with Crippen LogP contribution in [0, 0.1) is 0 Å². The van der Waals surface area contributed by atoms with Gasteiger partial charge in [0, 0.05) is 6.26 Å². The number of benzene rings is 2. The largest absolute Gasteiger partial charge is 0.480 e. The van der Waals surface area contributed by atoms with Gasteiger partial charge in [-0.25, -0.2) is 8.42 Å². The Balaban J connectivity index is 2.18. The van der Waals surface area contributed by atoms with Gasteiger partial charge in [0.15, 0.2) is 9.84 Å². The number of hydrogen-bond acceptors (Lipinski definition) is 4. The van der Waals surface area contributed by atoms with E-state index >= 15 is 0 Å². The lowest BCUT2D eigenvalue weighted by atomic mass is 10.0. The van der Waals surface area contributed by atoms with Crippen LogP contribution in [0.25, 0.3) is 11.1 Å². The maximum Gasteiger partial charge on any atom is 0.320 e. The molecule has 0 saturated heterocycles. The minimum atomic E-state index is -3.20. The lowest BCUT2D eigenvalue weighted by Gasteiger charge is -2.08. The van der Waals surface area contributed by atoms with Gasteiger partial charge in [-0.15, -0.1) is 0 Å². The molecule has 6 heteroatoms. The van der Waals surface area contributed by atoms with Gasteiger partial charge in [0.05, 0.1) is 4.90 Å². The van der Waals surface area contributed by atoms with Gasteiger partial charge in [0.1, 0.15) is 6.04 Å². The van der Waals surface area contributed by atoms with Crippen molar-refractivity contribution < 1.29 is 18.3 Å². The van der Waals surface area contributed by atoms with E-state index in [0.717, 1.165) is 16.7 Å². The molecule has 5 nitrogen and oxygen atoms in total. The van der Waals surface area contributed by atoms with Crippen molar-refractivity contribution in [2.45, 2.75) is 17.4 Å². The number of carboxylic acids is 1. The van der Waals surface area contributed by atoms with Gasteiger partial charge in [0.25, 0.3) is 0 Å². The first kappa shape index (κ1) is 16.2. The topological polar surface area (TPSA) is 97.5 Å². The zero-order chi connectivity index (χ0) is 16.3. The highest BCUT2D eigenvalue weighted by Gasteiger charge is 2.12. The molecule has 2 aromatic carbocycles. The molecule has 0 aliphatic heterocycles. The smallest absolute Gasteiger partial charge is 0.320 e. The molecule has 0 heterocycles. The van der Waals surface area contributed by atoms with Crippen LogP contribution in [0.3, 0.4) is 0 Å². The number of hydrogen-bond donors (Lipinski definition) is 2. The summed E-state index contributed by atoms with van der Waals surface area (Å²) in [5.74, 6) is -1.03. The van der Waals surface area contributed by atoms with Crippen molar-refractivity contribution in [3.05, 3.63) is 54.1 Å². The first-order valence-corrected chi connectivity index (χ1v) is 8.54. The van der Waals surface area contributed by atoms with E-state index < -0.39 is 21.8 Å². The van der Waals surface area contributed by atoms with E-state index in [9.17, 15) is 13.2 Å². The van der Waals surface area contributed by atoms with Gasteiger partial charge in [-0.1, -0.05) is 36.4 Å². The van der Waals surface area contributed by atoms with Crippen molar-refractivity contribution in [3.8, 4) is 11.1 Å². The van der Waals surface area contributed by atoms with Crippen LogP contribution < -0.4 is 5.73 Å². The highest BCUT2D eigenvalue weighted by molar-refractivity contribution is 7.90. The summed E-state index contributed by atoms with van der Waals surface area (Å²) in [6.45, 7) is 0.